The highest BCUT2D eigenvalue weighted by Crippen LogP contribution is 2.33. The van der Waals surface area contributed by atoms with Gasteiger partial charge in [-0.15, -0.1) is 0 Å². The summed E-state index contributed by atoms with van der Waals surface area (Å²) in [6.45, 7) is 1.23. The maximum Gasteiger partial charge on any atom is 0.165 e. The van der Waals surface area contributed by atoms with Crippen LogP contribution in [0.5, 0.6) is 11.5 Å². The second-order valence-electron chi connectivity index (χ2n) is 3.93. The monoisotopic (exact) mass is 236 g/mol. The van der Waals surface area contributed by atoms with Gasteiger partial charge >= 0.3 is 0 Å². The van der Waals surface area contributed by atoms with Crippen LogP contribution in [0.1, 0.15) is 12.0 Å². The first-order valence-corrected chi connectivity index (χ1v) is 5.69. The van der Waals surface area contributed by atoms with E-state index in [2.05, 4.69) is 0 Å². The van der Waals surface area contributed by atoms with Gasteiger partial charge in [-0.05, 0) is 18.1 Å². The Balaban J connectivity index is 2.18. The van der Waals surface area contributed by atoms with Crippen molar-refractivity contribution in [2.75, 3.05) is 20.3 Å². The van der Waals surface area contributed by atoms with E-state index in [1.54, 1.807) is 7.11 Å². The van der Waals surface area contributed by atoms with E-state index in [1.165, 1.54) is 0 Å². The third-order valence-electron chi connectivity index (χ3n) is 2.70. The van der Waals surface area contributed by atoms with Gasteiger partial charge in [0.25, 0.3) is 0 Å². The zero-order valence-electron chi connectivity index (χ0n) is 9.85. The van der Waals surface area contributed by atoms with E-state index >= 15 is 0 Å². The van der Waals surface area contributed by atoms with Crippen LogP contribution in [0.4, 0.5) is 0 Å². The molecule has 4 nitrogen and oxygen atoms in total. The fraction of sp³-hybridized carbons (Fsp3) is 0.462. The molecule has 0 spiro atoms. The summed E-state index contributed by atoms with van der Waals surface area (Å²) in [5.74, 6) is 1.45. The number of carbonyl (C=O) groups excluding carboxylic acids is 1. The van der Waals surface area contributed by atoms with Crippen LogP contribution in [0.25, 0.3) is 0 Å². The molecule has 0 N–H and O–H groups in total. The van der Waals surface area contributed by atoms with Crippen molar-refractivity contribution in [1.29, 1.82) is 0 Å². The normalized spacial score (nSPS) is 15.1. The van der Waals surface area contributed by atoms with Crippen LogP contribution in [0.15, 0.2) is 18.2 Å². The van der Waals surface area contributed by atoms with Crippen molar-refractivity contribution in [3.8, 4) is 11.5 Å². The van der Waals surface area contributed by atoms with E-state index in [-0.39, 0.29) is 6.10 Å². The third-order valence-corrected chi connectivity index (χ3v) is 2.70. The van der Waals surface area contributed by atoms with Crippen molar-refractivity contribution in [1.82, 2.24) is 0 Å². The Morgan fingerprint density at radius 2 is 2.29 bits per heavy atom. The van der Waals surface area contributed by atoms with Crippen LogP contribution in [0, 0.1) is 0 Å². The summed E-state index contributed by atoms with van der Waals surface area (Å²) in [5, 5.41) is 0. The second kappa shape index (κ2) is 5.68. The van der Waals surface area contributed by atoms with Gasteiger partial charge < -0.3 is 19.0 Å². The summed E-state index contributed by atoms with van der Waals surface area (Å²) in [6.07, 6.45) is 2.17. The van der Waals surface area contributed by atoms with Crippen LogP contribution in [-0.4, -0.2) is 32.7 Å². The number of carbonyl (C=O) groups is 1. The number of hydrogen-bond donors (Lipinski definition) is 0. The smallest absolute Gasteiger partial charge is 0.165 e. The lowest BCUT2D eigenvalue weighted by Crippen LogP contribution is -2.38. The van der Waals surface area contributed by atoms with Gasteiger partial charge in [-0.3, -0.25) is 0 Å². The summed E-state index contributed by atoms with van der Waals surface area (Å²) in [6, 6.07) is 5.73. The minimum absolute atomic E-state index is 0.0984. The molecule has 0 aromatic heterocycles. The SMILES string of the molecule is COc1cccc(CCC=O)c1OC1COC1. The Morgan fingerprint density at radius 3 is 2.88 bits per heavy atom. The first kappa shape index (κ1) is 11.9. The summed E-state index contributed by atoms with van der Waals surface area (Å²) in [4.78, 5) is 10.4. The Labute approximate surface area is 100 Å². The van der Waals surface area contributed by atoms with Crippen LogP contribution in [-0.2, 0) is 16.0 Å². The summed E-state index contributed by atoms with van der Waals surface area (Å²) in [5.41, 5.74) is 1.00. The first-order valence-electron chi connectivity index (χ1n) is 5.69. The third kappa shape index (κ3) is 2.77. The maximum absolute atomic E-state index is 10.4. The van der Waals surface area contributed by atoms with Gasteiger partial charge in [0.2, 0.25) is 0 Å². The largest absolute Gasteiger partial charge is 0.493 e. The first-order chi connectivity index (χ1) is 8.35. The van der Waals surface area contributed by atoms with Crippen molar-refractivity contribution in [2.24, 2.45) is 0 Å². The number of ether oxygens (including phenoxy) is 3. The van der Waals surface area contributed by atoms with Crippen LogP contribution in [0.3, 0.4) is 0 Å². The van der Waals surface area contributed by atoms with Gasteiger partial charge in [-0.25, -0.2) is 0 Å². The molecule has 0 aliphatic carbocycles. The predicted octanol–water partition coefficient (Wildman–Crippen LogP) is 1.60. The summed E-state index contributed by atoms with van der Waals surface area (Å²) in [7, 11) is 1.61. The summed E-state index contributed by atoms with van der Waals surface area (Å²) < 4.78 is 16.2. The lowest BCUT2D eigenvalue weighted by Gasteiger charge is -2.28. The van der Waals surface area contributed by atoms with E-state index in [4.69, 9.17) is 14.2 Å². The Bertz CT molecular complexity index is 385. The van der Waals surface area contributed by atoms with Crippen molar-refractivity contribution < 1.29 is 19.0 Å². The number of benzene rings is 1. The molecule has 0 amide bonds. The number of aryl methyl sites for hydroxylation is 1. The summed E-state index contributed by atoms with van der Waals surface area (Å²) >= 11 is 0. The van der Waals surface area contributed by atoms with Gasteiger partial charge in [-0.2, -0.15) is 0 Å². The molecule has 92 valence electrons. The van der Waals surface area contributed by atoms with Crippen molar-refractivity contribution >= 4 is 6.29 Å². The second-order valence-corrected chi connectivity index (χ2v) is 3.93. The zero-order valence-corrected chi connectivity index (χ0v) is 9.85. The molecular weight excluding hydrogens is 220 g/mol. The molecule has 0 saturated carbocycles. The van der Waals surface area contributed by atoms with Gasteiger partial charge in [0.05, 0.1) is 20.3 Å². The zero-order chi connectivity index (χ0) is 12.1. The minimum atomic E-state index is 0.0984. The molecule has 0 bridgehead atoms. The van der Waals surface area contributed by atoms with E-state index < -0.39 is 0 Å². The fourth-order valence-electron chi connectivity index (χ4n) is 1.72. The Hall–Kier alpha value is -1.55. The molecule has 1 aliphatic rings. The van der Waals surface area contributed by atoms with Gasteiger partial charge in [0.1, 0.15) is 12.4 Å². The molecule has 2 rings (SSSR count). The number of aldehydes is 1. The molecule has 1 aromatic rings. The quantitative estimate of drug-likeness (QED) is 0.704. The lowest BCUT2D eigenvalue weighted by atomic mass is 10.1. The van der Waals surface area contributed by atoms with E-state index in [0.717, 1.165) is 17.6 Å². The van der Waals surface area contributed by atoms with E-state index in [1.807, 2.05) is 18.2 Å². The maximum atomic E-state index is 10.4. The molecule has 0 atom stereocenters. The van der Waals surface area contributed by atoms with Crippen molar-refractivity contribution in [3.05, 3.63) is 23.8 Å². The number of para-hydroxylation sites is 1. The van der Waals surface area contributed by atoms with E-state index in [9.17, 15) is 4.79 Å². The van der Waals surface area contributed by atoms with Gasteiger partial charge in [-0.1, -0.05) is 12.1 Å². The van der Waals surface area contributed by atoms with Crippen LogP contribution < -0.4 is 9.47 Å². The molecule has 1 heterocycles. The van der Waals surface area contributed by atoms with Gasteiger partial charge in [0.15, 0.2) is 11.5 Å². The Kier molecular flexibility index (Phi) is 3.98. The molecule has 1 aliphatic heterocycles. The highest BCUT2D eigenvalue weighted by Gasteiger charge is 2.23. The molecule has 1 fully saturated rings. The van der Waals surface area contributed by atoms with Crippen LogP contribution >= 0.6 is 0 Å². The van der Waals surface area contributed by atoms with Crippen molar-refractivity contribution in [2.45, 2.75) is 18.9 Å². The highest BCUT2D eigenvalue weighted by molar-refractivity contribution is 5.53. The number of hydrogen-bond acceptors (Lipinski definition) is 4. The molecule has 4 heteroatoms. The van der Waals surface area contributed by atoms with Gasteiger partial charge in [0, 0.05) is 6.42 Å². The highest BCUT2D eigenvalue weighted by atomic mass is 16.6. The Morgan fingerprint density at radius 1 is 1.47 bits per heavy atom. The lowest BCUT2D eigenvalue weighted by molar-refractivity contribution is -0.107. The average molecular weight is 236 g/mol. The topological polar surface area (TPSA) is 44.8 Å². The fourth-order valence-corrected chi connectivity index (χ4v) is 1.72. The molecule has 1 saturated heterocycles. The standard InChI is InChI=1S/C13H16O4/c1-15-12-6-2-4-10(5-3-7-14)13(12)17-11-8-16-9-11/h2,4,6-7,11H,3,5,8-9H2,1H3. The molecule has 1 aromatic carbocycles. The number of rotatable bonds is 6. The predicted molar refractivity (Wildman–Crippen MR) is 62.6 cm³/mol. The molecular formula is C13H16O4. The minimum Gasteiger partial charge on any atom is -0.493 e. The average Bonchev–Trinajstić information content (AvgIpc) is 2.31. The van der Waals surface area contributed by atoms with Crippen LogP contribution in [0.2, 0.25) is 0 Å². The number of methoxy groups -OCH3 is 1. The molecule has 17 heavy (non-hydrogen) atoms. The molecule has 0 unspecified atom stereocenters. The van der Waals surface area contributed by atoms with Crippen molar-refractivity contribution in [3.63, 3.8) is 0 Å². The van der Waals surface area contributed by atoms with E-state index in [0.29, 0.717) is 31.8 Å². The molecule has 0 radical (unpaired) electrons.